The molecule has 6 heteroatoms. The highest BCUT2D eigenvalue weighted by molar-refractivity contribution is 9.10. The molecule has 0 saturated carbocycles. The lowest BCUT2D eigenvalue weighted by Gasteiger charge is -2.06. The predicted octanol–water partition coefficient (Wildman–Crippen LogP) is 4.48. The fourth-order valence-electron chi connectivity index (χ4n) is 1.30. The fourth-order valence-corrected chi connectivity index (χ4v) is 2.59. The molecule has 0 fully saturated rings. The minimum atomic E-state index is 0.561. The van der Waals surface area contributed by atoms with Crippen molar-refractivity contribution in [2.45, 2.75) is 6.92 Å². The second-order valence-electron chi connectivity index (χ2n) is 3.33. The molecule has 1 heterocycles. The first kappa shape index (κ1) is 12.4. The van der Waals surface area contributed by atoms with Gasteiger partial charge in [0.15, 0.2) is 0 Å². The fraction of sp³-hybridized carbons (Fsp3) is 0.0909. The van der Waals surface area contributed by atoms with Crippen LogP contribution in [0.4, 0.5) is 10.7 Å². The number of aryl methyl sites for hydroxylation is 1. The lowest BCUT2D eigenvalue weighted by Crippen LogP contribution is -1.91. The minimum Gasteiger partial charge on any atom is -0.344 e. The van der Waals surface area contributed by atoms with E-state index in [1.807, 2.05) is 19.1 Å². The molecule has 1 N–H and O–H groups in total. The molecule has 0 aliphatic carbocycles. The third-order valence-corrected chi connectivity index (χ3v) is 3.83. The van der Waals surface area contributed by atoms with E-state index in [-0.39, 0.29) is 0 Å². The van der Waals surface area contributed by atoms with Crippen LogP contribution < -0.4 is 5.32 Å². The Morgan fingerprint density at radius 1 is 1.53 bits per heavy atom. The number of rotatable bonds is 2. The van der Waals surface area contributed by atoms with Crippen molar-refractivity contribution in [1.29, 1.82) is 5.26 Å². The number of hydrogen-bond acceptors (Lipinski definition) is 4. The van der Waals surface area contributed by atoms with Crippen LogP contribution in [0.15, 0.2) is 22.7 Å². The highest BCUT2D eigenvalue weighted by Gasteiger charge is 2.11. The SMILES string of the molecule is Cc1nsc(Nc2cc(Br)ccc2Cl)c1C#N. The van der Waals surface area contributed by atoms with E-state index in [4.69, 9.17) is 16.9 Å². The number of hydrogen-bond donors (Lipinski definition) is 1. The number of nitrogens with one attached hydrogen (secondary N) is 1. The van der Waals surface area contributed by atoms with Crippen LogP contribution in [-0.4, -0.2) is 4.37 Å². The molecule has 1 aromatic heterocycles. The topological polar surface area (TPSA) is 48.7 Å². The monoisotopic (exact) mass is 327 g/mol. The second kappa shape index (κ2) is 5.05. The number of anilines is 2. The highest BCUT2D eigenvalue weighted by Crippen LogP contribution is 2.32. The molecule has 17 heavy (non-hydrogen) atoms. The molecule has 0 unspecified atom stereocenters. The van der Waals surface area contributed by atoms with Crippen molar-refractivity contribution in [2.24, 2.45) is 0 Å². The van der Waals surface area contributed by atoms with Crippen LogP contribution in [0, 0.1) is 18.3 Å². The Hall–Kier alpha value is -1.09. The van der Waals surface area contributed by atoms with Crippen molar-refractivity contribution in [1.82, 2.24) is 4.37 Å². The quantitative estimate of drug-likeness (QED) is 0.884. The number of halogens is 2. The Bertz CT molecular complexity index is 603. The summed E-state index contributed by atoms with van der Waals surface area (Å²) in [7, 11) is 0. The van der Waals surface area contributed by atoms with Gasteiger partial charge in [0.05, 0.1) is 16.4 Å². The zero-order valence-electron chi connectivity index (χ0n) is 8.79. The zero-order valence-corrected chi connectivity index (χ0v) is 11.9. The molecule has 0 atom stereocenters. The molecule has 0 aliphatic rings. The standard InChI is InChI=1S/C11H7BrClN3S/c1-6-8(5-14)11(17-16-6)15-10-4-7(12)2-3-9(10)13/h2-4,15H,1H3. The Morgan fingerprint density at radius 3 is 3.00 bits per heavy atom. The van der Waals surface area contributed by atoms with Crippen LogP contribution in [0.2, 0.25) is 5.02 Å². The summed E-state index contributed by atoms with van der Waals surface area (Å²) in [5.41, 5.74) is 2.04. The van der Waals surface area contributed by atoms with Gasteiger partial charge in [0.25, 0.3) is 0 Å². The molecule has 0 radical (unpaired) electrons. The molecule has 2 rings (SSSR count). The molecule has 0 bridgehead atoms. The lowest BCUT2D eigenvalue weighted by molar-refractivity contribution is 1.31. The van der Waals surface area contributed by atoms with Gasteiger partial charge in [0.1, 0.15) is 16.6 Å². The van der Waals surface area contributed by atoms with Crippen molar-refractivity contribution in [3.8, 4) is 6.07 Å². The van der Waals surface area contributed by atoms with Gasteiger partial charge in [-0.25, -0.2) is 0 Å². The predicted molar refractivity (Wildman–Crippen MR) is 74.0 cm³/mol. The van der Waals surface area contributed by atoms with Crippen LogP contribution in [0.25, 0.3) is 0 Å². The minimum absolute atomic E-state index is 0.561. The Balaban J connectivity index is 2.38. The van der Waals surface area contributed by atoms with E-state index in [0.717, 1.165) is 15.9 Å². The van der Waals surface area contributed by atoms with E-state index in [1.54, 1.807) is 6.07 Å². The Kier molecular flexibility index (Phi) is 3.67. The first-order valence-corrected chi connectivity index (χ1v) is 6.64. The molecule has 0 amide bonds. The maximum Gasteiger partial charge on any atom is 0.132 e. The van der Waals surface area contributed by atoms with Crippen LogP contribution in [-0.2, 0) is 0 Å². The average Bonchev–Trinajstić information content (AvgIpc) is 2.64. The van der Waals surface area contributed by atoms with E-state index in [9.17, 15) is 0 Å². The summed E-state index contributed by atoms with van der Waals surface area (Å²) in [5, 5.41) is 13.5. The Labute approximate surface area is 116 Å². The smallest absolute Gasteiger partial charge is 0.132 e. The number of nitrogens with zero attached hydrogens (tertiary/aromatic N) is 2. The van der Waals surface area contributed by atoms with E-state index in [1.165, 1.54) is 11.5 Å². The van der Waals surface area contributed by atoms with Gasteiger partial charge in [-0.15, -0.1) is 0 Å². The van der Waals surface area contributed by atoms with E-state index >= 15 is 0 Å². The summed E-state index contributed by atoms with van der Waals surface area (Å²) in [4.78, 5) is 0. The van der Waals surface area contributed by atoms with Gasteiger partial charge >= 0.3 is 0 Å². The molecule has 3 nitrogen and oxygen atoms in total. The van der Waals surface area contributed by atoms with Crippen LogP contribution in [0.5, 0.6) is 0 Å². The normalized spacial score (nSPS) is 10.0. The highest BCUT2D eigenvalue weighted by atomic mass is 79.9. The third kappa shape index (κ3) is 2.60. The summed E-state index contributed by atoms with van der Waals surface area (Å²) in [6.45, 7) is 1.81. The number of nitriles is 1. The van der Waals surface area contributed by atoms with Crippen molar-refractivity contribution < 1.29 is 0 Å². The van der Waals surface area contributed by atoms with Gasteiger partial charge in [0, 0.05) is 4.47 Å². The summed E-state index contributed by atoms with van der Waals surface area (Å²) < 4.78 is 5.06. The van der Waals surface area contributed by atoms with Gasteiger partial charge < -0.3 is 5.32 Å². The van der Waals surface area contributed by atoms with Crippen LogP contribution >= 0.6 is 39.1 Å². The third-order valence-electron chi connectivity index (χ3n) is 2.15. The van der Waals surface area contributed by atoms with Crippen molar-refractivity contribution in [3.63, 3.8) is 0 Å². The lowest BCUT2D eigenvalue weighted by atomic mass is 10.2. The van der Waals surface area contributed by atoms with E-state index in [0.29, 0.717) is 15.6 Å². The molecule has 0 saturated heterocycles. The van der Waals surface area contributed by atoms with E-state index < -0.39 is 0 Å². The second-order valence-corrected chi connectivity index (χ2v) is 5.43. The summed E-state index contributed by atoms with van der Waals surface area (Å²) in [6.07, 6.45) is 0. The van der Waals surface area contributed by atoms with E-state index in [2.05, 4.69) is 31.7 Å². The molecule has 86 valence electrons. The zero-order chi connectivity index (χ0) is 12.4. The summed E-state index contributed by atoms with van der Waals surface area (Å²) in [6, 6.07) is 7.63. The first-order chi connectivity index (χ1) is 8.11. The largest absolute Gasteiger partial charge is 0.344 e. The number of aromatic nitrogens is 1. The summed E-state index contributed by atoms with van der Waals surface area (Å²) in [5.74, 6) is 0. The molecule has 0 spiro atoms. The van der Waals surface area contributed by atoms with Crippen LogP contribution in [0.1, 0.15) is 11.3 Å². The van der Waals surface area contributed by atoms with Gasteiger partial charge in [-0.1, -0.05) is 27.5 Å². The van der Waals surface area contributed by atoms with Crippen molar-refractivity contribution >= 4 is 49.8 Å². The van der Waals surface area contributed by atoms with Gasteiger partial charge in [0.2, 0.25) is 0 Å². The maximum atomic E-state index is 9.02. The molecular formula is C11H7BrClN3S. The maximum absolute atomic E-state index is 9.02. The summed E-state index contributed by atoms with van der Waals surface area (Å²) >= 11 is 10.7. The molecule has 1 aromatic carbocycles. The molecule has 2 aromatic rings. The Morgan fingerprint density at radius 2 is 2.29 bits per heavy atom. The van der Waals surface area contributed by atoms with Gasteiger partial charge in [-0.05, 0) is 36.7 Å². The number of benzene rings is 1. The average molecular weight is 329 g/mol. The first-order valence-electron chi connectivity index (χ1n) is 4.70. The van der Waals surface area contributed by atoms with Gasteiger partial charge in [-0.2, -0.15) is 9.64 Å². The molecular weight excluding hydrogens is 322 g/mol. The van der Waals surface area contributed by atoms with Crippen LogP contribution in [0.3, 0.4) is 0 Å². The van der Waals surface area contributed by atoms with Crippen molar-refractivity contribution in [2.75, 3.05) is 5.32 Å². The molecule has 0 aliphatic heterocycles. The van der Waals surface area contributed by atoms with Gasteiger partial charge in [-0.3, -0.25) is 0 Å². The van der Waals surface area contributed by atoms with Crippen molar-refractivity contribution in [3.05, 3.63) is 39.0 Å².